The van der Waals surface area contributed by atoms with E-state index in [1.807, 2.05) is 35.1 Å². The van der Waals surface area contributed by atoms with Gasteiger partial charge in [0, 0.05) is 28.5 Å². The Bertz CT molecular complexity index is 2220. The van der Waals surface area contributed by atoms with Crippen LogP contribution in [-0.2, 0) is 5.41 Å². The number of nitrogens with zero attached hydrogens (tertiary/aromatic N) is 2. The zero-order valence-electron chi connectivity index (χ0n) is 23.3. The summed E-state index contributed by atoms with van der Waals surface area (Å²) in [5, 5.41) is 18.5. The van der Waals surface area contributed by atoms with E-state index in [0.717, 1.165) is 39.1 Å². The highest BCUT2D eigenvalue weighted by Crippen LogP contribution is 2.65. The highest BCUT2D eigenvalue weighted by molar-refractivity contribution is 6.07. The first-order chi connectivity index (χ1) is 21.3. The smallest absolute Gasteiger partial charge is 0.0744 e. The van der Waals surface area contributed by atoms with E-state index in [-0.39, 0.29) is 0 Å². The first-order valence-electron chi connectivity index (χ1n) is 14.6. The van der Waals surface area contributed by atoms with Crippen molar-refractivity contribution >= 4 is 28.5 Å². The van der Waals surface area contributed by atoms with Crippen molar-refractivity contribution in [3.05, 3.63) is 167 Å². The molecule has 0 saturated carbocycles. The van der Waals surface area contributed by atoms with E-state index >= 15 is 0 Å². The van der Waals surface area contributed by atoms with Gasteiger partial charge in [-0.15, -0.1) is 0 Å². The summed E-state index contributed by atoms with van der Waals surface area (Å²) in [4.78, 5) is 0. The van der Waals surface area contributed by atoms with Crippen molar-refractivity contribution in [2.45, 2.75) is 5.41 Å². The summed E-state index contributed by atoms with van der Waals surface area (Å²) in [6.07, 6.45) is 3.57. The van der Waals surface area contributed by atoms with Gasteiger partial charge in [0.25, 0.3) is 0 Å². The Morgan fingerprint density at radius 3 is 1.91 bits per heavy atom. The second-order valence-corrected chi connectivity index (χ2v) is 11.2. The quantitative estimate of drug-likeness (QED) is 0.215. The number of benzene rings is 6. The molecule has 1 heterocycles. The SMILES string of the molecule is N=Cc1c(Nc2ccccc2)ccc2c1C1(c3ccccc3-2)c2ccccc2-c2ccc3c(cnn3-c3ccccc3)c21. The maximum absolute atomic E-state index is 8.84. The van der Waals surface area contributed by atoms with Crippen LogP contribution in [0.3, 0.4) is 0 Å². The van der Waals surface area contributed by atoms with Crippen molar-refractivity contribution < 1.29 is 0 Å². The zero-order chi connectivity index (χ0) is 28.5. The summed E-state index contributed by atoms with van der Waals surface area (Å²) in [7, 11) is 0. The number of para-hydroxylation sites is 2. The van der Waals surface area contributed by atoms with Gasteiger partial charge in [-0.05, 0) is 80.9 Å². The van der Waals surface area contributed by atoms with Crippen molar-refractivity contribution in [1.82, 2.24) is 9.78 Å². The fourth-order valence-electron chi connectivity index (χ4n) is 7.59. The molecule has 7 aromatic rings. The lowest BCUT2D eigenvalue weighted by Gasteiger charge is -2.32. The van der Waals surface area contributed by atoms with Crippen LogP contribution in [0.1, 0.15) is 27.8 Å². The third-order valence-electron chi connectivity index (χ3n) is 9.19. The van der Waals surface area contributed by atoms with Gasteiger partial charge in [0.2, 0.25) is 0 Å². The molecular weight excluding hydrogens is 524 g/mol. The second kappa shape index (κ2) is 8.88. The van der Waals surface area contributed by atoms with Crippen LogP contribution in [0, 0.1) is 5.41 Å². The van der Waals surface area contributed by atoms with Crippen LogP contribution in [0.15, 0.2) is 140 Å². The van der Waals surface area contributed by atoms with E-state index in [9.17, 15) is 0 Å². The summed E-state index contributed by atoms with van der Waals surface area (Å²) < 4.78 is 2.04. The van der Waals surface area contributed by atoms with Crippen LogP contribution in [0.5, 0.6) is 0 Å². The van der Waals surface area contributed by atoms with Gasteiger partial charge >= 0.3 is 0 Å². The Kier molecular flexibility index (Phi) is 4.94. The summed E-state index contributed by atoms with van der Waals surface area (Å²) in [6, 6.07) is 46.9. The number of rotatable bonds is 4. The molecule has 0 fully saturated rings. The molecule has 6 aromatic carbocycles. The van der Waals surface area contributed by atoms with Gasteiger partial charge in [0.1, 0.15) is 0 Å². The number of nitrogens with one attached hydrogen (secondary N) is 2. The molecule has 9 rings (SSSR count). The minimum Gasteiger partial charge on any atom is -0.355 e. The largest absolute Gasteiger partial charge is 0.355 e. The first-order valence-corrected chi connectivity index (χ1v) is 14.6. The Morgan fingerprint density at radius 2 is 1.21 bits per heavy atom. The van der Waals surface area contributed by atoms with Crippen LogP contribution >= 0.6 is 0 Å². The predicted octanol–water partition coefficient (Wildman–Crippen LogP) is 9.11. The molecule has 1 atom stereocenters. The summed E-state index contributed by atoms with van der Waals surface area (Å²) in [5.41, 5.74) is 14.0. The van der Waals surface area contributed by atoms with Crippen LogP contribution in [0.25, 0.3) is 38.8 Å². The van der Waals surface area contributed by atoms with Crippen molar-refractivity contribution in [2.24, 2.45) is 0 Å². The molecule has 2 aliphatic rings. The molecular formula is C39H26N4. The molecule has 0 aliphatic heterocycles. The third-order valence-corrected chi connectivity index (χ3v) is 9.19. The molecule has 0 saturated heterocycles. The Morgan fingerprint density at radius 1 is 0.605 bits per heavy atom. The number of anilines is 2. The topological polar surface area (TPSA) is 53.7 Å². The molecule has 4 heteroatoms. The number of fused-ring (bicyclic) bond motifs is 12. The van der Waals surface area contributed by atoms with E-state index in [0.29, 0.717) is 0 Å². The van der Waals surface area contributed by atoms with Crippen LogP contribution in [0.4, 0.5) is 11.4 Å². The maximum atomic E-state index is 8.84. The van der Waals surface area contributed by atoms with Crippen molar-refractivity contribution in [3.63, 3.8) is 0 Å². The highest BCUT2D eigenvalue weighted by atomic mass is 15.3. The van der Waals surface area contributed by atoms with E-state index in [1.54, 1.807) is 0 Å². The molecule has 2 N–H and O–H groups in total. The Balaban J connectivity index is 1.43. The average Bonchev–Trinajstić information content (AvgIpc) is 3.72. The van der Waals surface area contributed by atoms with Gasteiger partial charge in [0.05, 0.1) is 22.8 Å². The van der Waals surface area contributed by atoms with Crippen molar-refractivity contribution in [3.8, 4) is 27.9 Å². The lowest BCUT2D eigenvalue weighted by Crippen LogP contribution is -2.28. The fraction of sp³-hybridized carbons (Fsp3) is 0.0256. The fourth-order valence-corrected chi connectivity index (χ4v) is 7.59. The second-order valence-electron chi connectivity index (χ2n) is 11.2. The minimum absolute atomic E-state index is 0.608. The molecule has 0 amide bonds. The standard InChI is InChI=1S/C39H26N4/c40-23-31-35(42-25-11-3-1-4-12-25)21-19-29-27-15-7-9-17-33(27)39(37(29)31)34-18-10-8-16-28(34)30-20-22-36-32(38(30)39)24-41-43(36)26-13-5-2-6-14-26/h1-24,40,42H. The predicted molar refractivity (Wildman–Crippen MR) is 175 cm³/mol. The van der Waals surface area contributed by atoms with Crippen LogP contribution in [0.2, 0.25) is 0 Å². The highest BCUT2D eigenvalue weighted by Gasteiger charge is 2.54. The first kappa shape index (κ1) is 23.9. The number of hydrogen-bond donors (Lipinski definition) is 2. The molecule has 202 valence electrons. The number of hydrogen-bond acceptors (Lipinski definition) is 3. The van der Waals surface area contributed by atoms with E-state index < -0.39 is 5.41 Å². The van der Waals surface area contributed by atoms with Crippen molar-refractivity contribution in [1.29, 1.82) is 5.41 Å². The summed E-state index contributed by atoms with van der Waals surface area (Å²) in [5.74, 6) is 0. The number of aromatic nitrogens is 2. The minimum atomic E-state index is -0.608. The van der Waals surface area contributed by atoms with Crippen molar-refractivity contribution in [2.75, 3.05) is 5.32 Å². The molecule has 4 nitrogen and oxygen atoms in total. The van der Waals surface area contributed by atoms with Crippen LogP contribution in [-0.4, -0.2) is 16.0 Å². The van der Waals surface area contributed by atoms with Gasteiger partial charge in [-0.2, -0.15) is 5.10 Å². The lowest BCUT2D eigenvalue weighted by molar-refractivity contribution is 0.800. The van der Waals surface area contributed by atoms with Gasteiger partial charge in [-0.1, -0.05) is 97.1 Å². The molecule has 1 spiro atoms. The average molecular weight is 551 g/mol. The maximum Gasteiger partial charge on any atom is 0.0744 e. The molecule has 1 aromatic heterocycles. The third kappa shape index (κ3) is 3.10. The molecule has 43 heavy (non-hydrogen) atoms. The van der Waals surface area contributed by atoms with Gasteiger partial charge in [-0.25, -0.2) is 4.68 Å². The zero-order valence-corrected chi connectivity index (χ0v) is 23.3. The van der Waals surface area contributed by atoms with Crippen LogP contribution < -0.4 is 5.32 Å². The Hall–Kier alpha value is -5.74. The van der Waals surface area contributed by atoms with Gasteiger partial charge in [-0.3, -0.25) is 0 Å². The molecule has 1 unspecified atom stereocenters. The Labute approximate surface area is 249 Å². The van der Waals surface area contributed by atoms with E-state index in [4.69, 9.17) is 10.5 Å². The molecule has 0 bridgehead atoms. The van der Waals surface area contributed by atoms with E-state index in [2.05, 4.69) is 115 Å². The normalized spacial score (nSPS) is 15.6. The van der Waals surface area contributed by atoms with E-state index in [1.165, 1.54) is 45.2 Å². The monoisotopic (exact) mass is 550 g/mol. The van der Waals surface area contributed by atoms with Gasteiger partial charge in [0.15, 0.2) is 0 Å². The molecule has 0 radical (unpaired) electrons. The summed E-state index contributed by atoms with van der Waals surface area (Å²) >= 11 is 0. The molecule has 2 aliphatic carbocycles. The lowest BCUT2D eigenvalue weighted by atomic mass is 9.68. The summed E-state index contributed by atoms with van der Waals surface area (Å²) in [6.45, 7) is 0. The van der Waals surface area contributed by atoms with Gasteiger partial charge < -0.3 is 10.7 Å².